The second-order valence-corrected chi connectivity index (χ2v) is 6.43. The SMILES string of the molecule is CN(Cc1ccc2c(c1)OCCO2)C(=O)CCc1nc2ccccc2[nH]1. The van der Waals surface area contributed by atoms with E-state index in [2.05, 4.69) is 9.97 Å². The van der Waals surface area contributed by atoms with Gasteiger partial charge in [0.2, 0.25) is 5.91 Å². The molecule has 6 nitrogen and oxygen atoms in total. The Labute approximate surface area is 151 Å². The van der Waals surface area contributed by atoms with Gasteiger partial charge in [0, 0.05) is 26.4 Å². The molecule has 1 N–H and O–H groups in total. The fraction of sp³-hybridized carbons (Fsp3) is 0.300. The van der Waals surface area contributed by atoms with Gasteiger partial charge in [0.15, 0.2) is 11.5 Å². The van der Waals surface area contributed by atoms with Gasteiger partial charge in [0.05, 0.1) is 11.0 Å². The van der Waals surface area contributed by atoms with Crippen LogP contribution in [-0.4, -0.2) is 41.0 Å². The van der Waals surface area contributed by atoms with Crippen LogP contribution in [0.5, 0.6) is 11.5 Å². The lowest BCUT2D eigenvalue weighted by molar-refractivity contribution is -0.130. The summed E-state index contributed by atoms with van der Waals surface area (Å²) in [4.78, 5) is 22.0. The Morgan fingerprint density at radius 2 is 1.96 bits per heavy atom. The highest BCUT2D eigenvalue weighted by atomic mass is 16.6. The maximum absolute atomic E-state index is 12.5. The van der Waals surface area contributed by atoms with Crippen molar-refractivity contribution in [3.8, 4) is 11.5 Å². The minimum atomic E-state index is 0.0837. The molecular formula is C20H21N3O3. The van der Waals surface area contributed by atoms with E-state index in [-0.39, 0.29) is 5.91 Å². The number of nitrogens with one attached hydrogen (secondary N) is 1. The molecule has 0 radical (unpaired) electrons. The number of H-pyrrole nitrogens is 1. The summed E-state index contributed by atoms with van der Waals surface area (Å²) in [5, 5.41) is 0. The first kappa shape index (κ1) is 16.4. The van der Waals surface area contributed by atoms with Crippen molar-refractivity contribution in [2.75, 3.05) is 20.3 Å². The Kier molecular flexibility index (Phi) is 4.48. The van der Waals surface area contributed by atoms with E-state index in [1.807, 2.05) is 49.5 Å². The summed E-state index contributed by atoms with van der Waals surface area (Å²) >= 11 is 0. The molecule has 0 aliphatic carbocycles. The summed E-state index contributed by atoms with van der Waals surface area (Å²) in [7, 11) is 1.82. The van der Waals surface area contributed by atoms with Crippen LogP contribution in [0.25, 0.3) is 11.0 Å². The monoisotopic (exact) mass is 351 g/mol. The van der Waals surface area contributed by atoms with Gasteiger partial charge in [0.25, 0.3) is 0 Å². The lowest BCUT2D eigenvalue weighted by atomic mass is 10.1. The molecule has 0 spiro atoms. The molecule has 0 bridgehead atoms. The van der Waals surface area contributed by atoms with Crippen LogP contribution in [0.4, 0.5) is 0 Å². The van der Waals surface area contributed by atoms with Gasteiger partial charge in [-0.3, -0.25) is 4.79 Å². The molecule has 1 aromatic heterocycles. The number of nitrogens with zero attached hydrogens (tertiary/aromatic N) is 2. The largest absolute Gasteiger partial charge is 0.486 e. The number of carbonyl (C=O) groups is 1. The number of hydrogen-bond acceptors (Lipinski definition) is 4. The summed E-state index contributed by atoms with van der Waals surface area (Å²) in [6.07, 6.45) is 1.01. The number of rotatable bonds is 5. The summed E-state index contributed by atoms with van der Waals surface area (Å²) in [6, 6.07) is 13.7. The topological polar surface area (TPSA) is 67.5 Å². The van der Waals surface area contributed by atoms with E-state index in [4.69, 9.17) is 9.47 Å². The van der Waals surface area contributed by atoms with E-state index in [1.165, 1.54) is 0 Å². The van der Waals surface area contributed by atoms with Crippen LogP contribution in [0.3, 0.4) is 0 Å². The Balaban J connectivity index is 1.35. The number of para-hydroxylation sites is 2. The van der Waals surface area contributed by atoms with Crippen LogP contribution in [-0.2, 0) is 17.8 Å². The fourth-order valence-electron chi connectivity index (χ4n) is 3.09. The molecule has 4 rings (SSSR count). The number of amides is 1. The third-order valence-electron chi connectivity index (χ3n) is 4.47. The highest BCUT2D eigenvalue weighted by Gasteiger charge is 2.15. The summed E-state index contributed by atoms with van der Waals surface area (Å²) in [6.45, 7) is 1.67. The highest BCUT2D eigenvalue weighted by Crippen LogP contribution is 2.31. The van der Waals surface area contributed by atoms with Crippen molar-refractivity contribution >= 4 is 16.9 Å². The standard InChI is InChI=1S/C20H21N3O3/c1-23(13-14-6-7-17-18(12-14)26-11-10-25-17)20(24)9-8-19-21-15-4-2-3-5-16(15)22-19/h2-7,12H,8-11,13H2,1H3,(H,21,22). The molecule has 1 aliphatic rings. The van der Waals surface area contributed by atoms with Crippen molar-refractivity contribution < 1.29 is 14.3 Å². The number of hydrogen-bond donors (Lipinski definition) is 1. The van der Waals surface area contributed by atoms with Crippen LogP contribution in [0.2, 0.25) is 0 Å². The maximum Gasteiger partial charge on any atom is 0.223 e. The van der Waals surface area contributed by atoms with Gasteiger partial charge in [-0.25, -0.2) is 4.98 Å². The Bertz CT molecular complexity index is 902. The number of imidazole rings is 1. The van der Waals surface area contributed by atoms with E-state index in [1.54, 1.807) is 4.90 Å². The van der Waals surface area contributed by atoms with Gasteiger partial charge in [-0.05, 0) is 29.8 Å². The van der Waals surface area contributed by atoms with Crippen molar-refractivity contribution in [3.63, 3.8) is 0 Å². The quantitative estimate of drug-likeness (QED) is 0.767. The average Bonchev–Trinajstić information content (AvgIpc) is 3.09. The molecule has 2 aromatic carbocycles. The molecule has 6 heteroatoms. The Morgan fingerprint density at radius 1 is 1.15 bits per heavy atom. The Hall–Kier alpha value is -3.02. The first-order chi connectivity index (χ1) is 12.7. The summed E-state index contributed by atoms with van der Waals surface area (Å²) in [5.41, 5.74) is 2.95. The fourth-order valence-corrected chi connectivity index (χ4v) is 3.09. The van der Waals surface area contributed by atoms with Gasteiger partial charge >= 0.3 is 0 Å². The Morgan fingerprint density at radius 3 is 2.81 bits per heavy atom. The van der Waals surface area contributed by atoms with E-state index >= 15 is 0 Å². The summed E-state index contributed by atoms with van der Waals surface area (Å²) < 4.78 is 11.1. The van der Waals surface area contributed by atoms with E-state index in [0.717, 1.165) is 33.9 Å². The summed E-state index contributed by atoms with van der Waals surface area (Å²) in [5.74, 6) is 2.43. The average molecular weight is 351 g/mol. The van der Waals surface area contributed by atoms with Crippen LogP contribution in [0, 0.1) is 0 Å². The third-order valence-corrected chi connectivity index (χ3v) is 4.47. The van der Waals surface area contributed by atoms with Gasteiger partial charge < -0.3 is 19.4 Å². The maximum atomic E-state index is 12.5. The predicted octanol–water partition coefficient (Wildman–Crippen LogP) is 2.93. The number of aryl methyl sites for hydroxylation is 1. The minimum Gasteiger partial charge on any atom is -0.486 e. The normalized spacial score (nSPS) is 13.0. The minimum absolute atomic E-state index is 0.0837. The van der Waals surface area contributed by atoms with E-state index in [9.17, 15) is 4.79 Å². The van der Waals surface area contributed by atoms with E-state index in [0.29, 0.717) is 32.6 Å². The van der Waals surface area contributed by atoms with Crippen LogP contribution in [0.1, 0.15) is 17.8 Å². The number of carbonyl (C=O) groups excluding carboxylic acids is 1. The predicted molar refractivity (Wildman–Crippen MR) is 98.3 cm³/mol. The van der Waals surface area contributed by atoms with Crippen LogP contribution < -0.4 is 9.47 Å². The second-order valence-electron chi connectivity index (χ2n) is 6.43. The van der Waals surface area contributed by atoms with Crippen molar-refractivity contribution in [3.05, 3.63) is 53.9 Å². The molecule has 3 aromatic rings. The number of aromatic amines is 1. The zero-order valence-corrected chi connectivity index (χ0v) is 14.7. The van der Waals surface area contributed by atoms with Gasteiger partial charge in [-0.15, -0.1) is 0 Å². The first-order valence-corrected chi connectivity index (χ1v) is 8.75. The molecule has 1 aliphatic heterocycles. The second kappa shape index (κ2) is 7.07. The molecule has 0 saturated heterocycles. The number of aromatic nitrogens is 2. The molecule has 0 fully saturated rings. The van der Waals surface area contributed by atoms with Crippen LogP contribution >= 0.6 is 0 Å². The molecule has 0 atom stereocenters. The molecule has 134 valence electrons. The zero-order valence-electron chi connectivity index (χ0n) is 14.7. The first-order valence-electron chi connectivity index (χ1n) is 8.75. The number of benzene rings is 2. The molecule has 26 heavy (non-hydrogen) atoms. The zero-order chi connectivity index (χ0) is 17.9. The molecule has 0 unspecified atom stereocenters. The lowest BCUT2D eigenvalue weighted by Crippen LogP contribution is -2.26. The van der Waals surface area contributed by atoms with E-state index < -0.39 is 0 Å². The molecule has 1 amide bonds. The highest BCUT2D eigenvalue weighted by molar-refractivity contribution is 5.77. The lowest BCUT2D eigenvalue weighted by Gasteiger charge is -2.21. The number of fused-ring (bicyclic) bond motifs is 2. The van der Waals surface area contributed by atoms with Crippen molar-refractivity contribution in [1.82, 2.24) is 14.9 Å². The molecule has 0 saturated carbocycles. The van der Waals surface area contributed by atoms with Crippen molar-refractivity contribution in [2.24, 2.45) is 0 Å². The molecule has 2 heterocycles. The smallest absolute Gasteiger partial charge is 0.223 e. The van der Waals surface area contributed by atoms with Crippen LogP contribution in [0.15, 0.2) is 42.5 Å². The van der Waals surface area contributed by atoms with Gasteiger partial charge in [0.1, 0.15) is 19.0 Å². The molecular weight excluding hydrogens is 330 g/mol. The van der Waals surface area contributed by atoms with Gasteiger partial charge in [-0.2, -0.15) is 0 Å². The van der Waals surface area contributed by atoms with Crippen molar-refractivity contribution in [1.29, 1.82) is 0 Å². The number of ether oxygens (including phenoxy) is 2. The van der Waals surface area contributed by atoms with Gasteiger partial charge in [-0.1, -0.05) is 18.2 Å². The third kappa shape index (κ3) is 3.49. The van der Waals surface area contributed by atoms with Crippen molar-refractivity contribution in [2.45, 2.75) is 19.4 Å².